The zero-order chi connectivity index (χ0) is 19.9. The van der Waals surface area contributed by atoms with Gasteiger partial charge >= 0.3 is 0 Å². The molecular weight excluding hydrogens is 379 g/mol. The molecule has 0 unspecified atom stereocenters. The molecule has 2 amide bonds. The van der Waals surface area contributed by atoms with Crippen LogP contribution in [0.1, 0.15) is 35.7 Å². The minimum Gasteiger partial charge on any atom is -0.369 e. The number of halogens is 1. The molecule has 3 saturated heterocycles. The van der Waals surface area contributed by atoms with Crippen LogP contribution in [0.4, 0.5) is 4.39 Å². The summed E-state index contributed by atoms with van der Waals surface area (Å²) >= 11 is 1.64. The molecule has 1 spiro atoms. The monoisotopic (exact) mass is 406 g/mol. The Bertz CT molecular complexity index is 789. The van der Waals surface area contributed by atoms with E-state index in [1.807, 2.05) is 4.90 Å². The van der Waals surface area contributed by atoms with Crippen LogP contribution in [0, 0.1) is 24.6 Å². The second-order valence-corrected chi connectivity index (χ2v) is 9.34. The zero-order valence-electron chi connectivity index (χ0n) is 16.4. The van der Waals surface area contributed by atoms with Crippen molar-refractivity contribution >= 4 is 23.6 Å². The quantitative estimate of drug-likeness (QED) is 0.789. The number of hydrogen-bond donors (Lipinski definition) is 1. The Hall–Kier alpha value is -1.60. The molecule has 0 aromatic heterocycles. The summed E-state index contributed by atoms with van der Waals surface area (Å²) in [7, 11) is 0. The number of carbonyl (C=O) groups is 2. The van der Waals surface area contributed by atoms with Crippen LogP contribution in [0.3, 0.4) is 0 Å². The van der Waals surface area contributed by atoms with Crippen LogP contribution < -0.4 is 5.32 Å². The molecule has 2 bridgehead atoms. The lowest BCUT2D eigenvalue weighted by Crippen LogP contribution is -2.42. The topological polar surface area (TPSA) is 58.6 Å². The maximum atomic E-state index is 13.7. The maximum absolute atomic E-state index is 13.7. The first-order valence-corrected chi connectivity index (χ1v) is 11.2. The number of amides is 2. The molecule has 5 nitrogen and oxygen atoms in total. The van der Waals surface area contributed by atoms with Crippen molar-refractivity contribution < 1.29 is 18.7 Å². The van der Waals surface area contributed by atoms with E-state index in [1.165, 1.54) is 6.07 Å². The van der Waals surface area contributed by atoms with Gasteiger partial charge in [0.2, 0.25) is 5.91 Å². The highest BCUT2D eigenvalue weighted by molar-refractivity contribution is 7.99. The van der Waals surface area contributed by atoms with Gasteiger partial charge in [0, 0.05) is 30.5 Å². The average molecular weight is 407 g/mol. The Labute approximate surface area is 169 Å². The summed E-state index contributed by atoms with van der Waals surface area (Å²) in [6.45, 7) is 5.55. The van der Waals surface area contributed by atoms with Gasteiger partial charge in [-0.1, -0.05) is 13.0 Å². The van der Waals surface area contributed by atoms with E-state index in [9.17, 15) is 14.0 Å². The molecule has 3 aliphatic rings. The van der Waals surface area contributed by atoms with E-state index in [0.29, 0.717) is 36.5 Å². The summed E-state index contributed by atoms with van der Waals surface area (Å²) in [5.41, 5.74) is 0.506. The Morgan fingerprint density at radius 2 is 2.25 bits per heavy atom. The van der Waals surface area contributed by atoms with Crippen molar-refractivity contribution in [3.05, 3.63) is 35.1 Å². The molecule has 3 heterocycles. The number of likely N-dealkylation sites (tertiary alicyclic amines) is 1. The summed E-state index contributed by atoms with van der Waals surface area (Å²) < 4.78 is 20.1. The molecule has 0 saturated carbocycles. The van der Waals surface area contributed by atoms with E-state index in [-0.39, 0.29) is 41.2 Å². The molecule has 1 aromatic rings. The van der Waals surface area contributed by atoms with Crippen molar-refractivity contribution in [3.8, 4) is 0 Å². The van der Waals surface area contributed by atoms with Crippen molar-refractivity contribution in [1.29, 1.82) is 0 Å². The largest absolute Gasteiger partial charge is 0.369 e. The van der Waals surface area contributed by atoms with Crippen molar-refractivity contribution in [2.45, 2.75) is 38.4 Å². The van der Waals surface area contributed by atoms with Crippen molar-refractivity contribution in [2.24, 2.45) is 11.8 Å². The van der Waals surface area contributed by atoms with E-state index in [0.717, 1.165) is 18.6 Å². The van der Waals surface area contributed by atoms with Crippen LogP contribution in [0.5, 0.6) is 0 Å². The smallest absolute Gasteiger partial charge is 0.251 e. The third-order valence-electron chi connectivity index (χ3n) is 6.58. The number of carbonyl (C=O) groups excluding carboxylic acids is 2. The van der Waals surface area contributed by atoms with E-state index >= 15 is 0 Å². The summed E-state index contributed by atoms with van der Waals surface area (Å²) in [6.07, 6.45) is 2.10. The molecule has 152 valence electrons. The van der Waals surface area contributed by atoms with Gasteiger partial charge in [-0.2, -0.15) is 11.8 Å². The average Bonchev–Trinajstić information content (AvgIpc) is 3.34. The number of nitrogens with zero attached hydrogens (tertiary/aromatic N) is 1. The fourth-order valence-electron chi connectivity index (χ4n) is 5.09. The molecule has 7 heteroatoms. The van der Waals surface area contributed by atoms with Gasteiger partial charge in [0.25, 0.3) is 5.91 Å². The van der Waals surface area contributed by atoms with Crippen LogP contribution in [0.2, 0.25) is 0 Å². The van der Waals surface area contributed by atoms with Gasteiger partial charge in [-0.15, -0.1) is 0 Å². The van der Waals surface area contributed by atoms with Crippen LogP contribution in [-0.4, -0.2) is 59.6 Å². The highest BCUT2D eigenvalue weighted by atomic mass is 32.2. The van der Waals surface area contributed by atoms with Crippen molar-refractivity contribution in [1.82, 2.24) is 10.2 Å². The van der Waals surface area contributed by atoms with Gasteiger partial charge in [-0.25, -0.2) is 4.39 Å². The summed E-state index contributed by atoms with van der Waals surface area (Å²) in [5, 5.41) is 2.99. The number of thioether (sulfide) groups is 1. The lowest BCUT2D eigenvalue weighted by atomic mass is 9.73. The second-order valence-electron chi connectivity index (χ2n) is 8.06. The van der Waals surface area contributed by atoms with E-state index < -0.39 is 0 Å². The summed E-state index contributed by atoms with van der Waals surface area (Å²) in [6, 6.07) is 4.57. The number of hydrogen-bond acceptors (Lipinski definition) is 4. The standard InChI is InChI=1S/C21H27FN2O3S/c1-3-28-11-19(25)24-10-16-15(18-7-8-21(16,12-24)27-18)9-23-20(26)14-5-4-6-17(22)13(14)2/h4-6,15-16,18H,3,7-12H2,1-2H3,(H,23,26)/t15-,16+,18+,21+/m0/s1. The number of ether oxygens (including phenoxy) is 1. The molecule has 3 aliphatic heterocycles. The normalized spacial score (nSPS) is 30.5. The van der Waals surface area contributed by atoms with Gasteiger partial charge in [-0.05, 0) is 43.2 Å². The van der Waals surface area contributed by atoms with Crippen molar-refractivity contribution in [3.63, 3.8) is 0 Å². The second kappa shape index (κ2) is 7.67. The van der Waals surface area contributed by atoms with E-state index in [2.05, 4.69) is 12.2 Å². The van der Waals surface area contributed by atoms with E-state index in [4.69, 9.17) is 4.74 Å². The van der Waals surface area contributed by atoms with Gasteiger partial charge < -0.3 is 15.0 Å². The molecular formula is C21H27FN2O3S. The van der Waals surface area contributed by atoms with Gasteiger partial charge in [-0.3, -0.25) is 9.59 Å². The van der Waals surface area contributed by atoms with Gasteiger partial charge in [0.1, 0.15) is 5.82 Å². The van der Waals surface area contributed by atoms with Gasteiger partial charge in [0.15, 0.2) is 0 Å². The molecule has 28 heavy (non-hydrogen) atoms. The first-order chi connectivity index (χ1) is 13.4. The Balaban J connectivity index is 1.41. The molecule has 3 fully saturated rings. The molecule has 1 aromatic carbocycles. The maximum Gasteiger partial charge on any atom is 0.251 e. The third-order valence-corrected chi connectivity index (χ3v) is 7.44. The Kier molecular flexibility index (Phi) is 5.40. The first kappa shape index (κ1) is 19.7. The third kappa shape index (κ3) is 3.32. The fraction of sp³-hybridized carbons (Fsp3) is 0.619. The molecule has 0 radical (unpaired) electrons. The minimum atomic E-state index is -0.371. The SMILES string of the molecule is CCSCC(=O)N1C[C@@H]2[C@H](CNC(=O)c3cccc(F)c3C)[C@H]3CC[C@]2(C1)O3. The van der Waals surface area contributed by atoms with Crippen LogP contribution in [-0.2, 0) is 9.53 Å². The van der Waals surface area contributed by atoms with Gasteiger partial charge in [0.05, 0.1) is 24.0 Å². The van der Waals surface area contributed by atoms with Crippen LogP contribution >= 0.6 is 11.8 Å². The molecule has 4 rings (SSSR count). The number of benzene rings is 1. The molecule has 1 N–H and O–H groups in total. The molecule has 0 aliphatic carbocycles. The van der Waals surface area contributed by atoms with Crippen molar-refractivity contribution in [2.75, 3.05) is 31.1 Å². The molecule has 4 atom stereocenters. The Morgan fingerprint density at radius 1 is 1.43 bits per heavy atom. The highest BCUT2D eigenvalue weighted by Gasteiger charge is 2.63. The van der Waals surface area contributed by atoms with Crippen LogP contribution in [0.15, 0.2) is 18.2 Å². The number of fused-ring (bicyclic) bond motifs is 1. The number of rotatable bonds is 6. The highest BCUT2D eigenvalue weighted by Crippen LogP contribution is 2.54. The summed E-state index contributed by atoms with van der Waals surface area (Å²) in [5.74, 6) is 1.47. The lowest BCUT2D eigenvalue weighted by Gasteiger charge is -2.29. The lowest BCUT2D eigenvalue weighted by molar-refractivity contribution is -0.128. The van der Waals surface area contributed by atoms with E-state index in [1.54, 1.807) is 30.8 Å². The van der Waals surface area contributed by atoms with Crippen LogP contribution in [0.25, 0.3) is 0 Å². The first-order valence-electron chi connectivity index (χ1n) is 10.0. The minimum absolute atomic E-state index is 0.140. The Morgan fingerprint density at radius 3 is 3.04 bits per heavy atom. The fourth-order valence-corrected chi connectivity index (χ4v) is 5.65. The predicted octanol–water partition coefficient (Wildman–Crippen LogP) is 2.62. The summed E-state index contributed by atoms with van der Waals surface area (Å²) in [4.78, 5) is 27.0. The zero-order valence-corrected chi connectivity index (χ0v) is 17.2. The number of nitrogens with one attached hydrogen (secondary N) is 1. The predicted molar refractivity (Wildman–Crippen MR) is 107 cm³/mol.